The molecule has 2 aromatic rings. The van der Waals surface area contributed by atoms with Crippen molar-refractivity contribution in [3.05, 3.63) is 29.3 Å². The lowest BCUT2D eigenvalue weighted by Crippen LogP contribution is -2.52. The minimum Gasteiger partial charge on any atom is -0.372 e. The summed E-state index contributed by atoms with van der Waals surface area (Å²) in [6.45, 7) is 5.60. The molecule has 186 valence electrons. The van der Waals surface area contributed by atoms with Gasteiger partial charge in [-0.2, -0.15) is 0 Å². The summed E-state index contributed by atoms with van der Waals surface area (Å²) in [4.78, 5) is 37.4. The first-order valence-corrected chi connectivity index (χ1v) is 13.0. The molecule has 0 bridgehead atoms. The van der Waals surface area contributed by atoms with Crippen LogP contribution in [0.1, 0.15) is 22.5 Å². The number of nitrogens with one attached hydrogen (secondary N) is 1. The van der Waals surface area contributed by atoms with Crippen LogP contribution in [0.25, 0.3) is 10.2 Å². The van der Waals surface area contributed by atoms with Crippen molar-refractivity contribution in [1.82, 2.24) is 14.8 Å². The molecule has 4 aliphatic heterocycles. The van der Waals surface area contributed by atoms with Gasteiger partial charge in [-0.15, -0.1) is 11.3 Å². The Kier molecular flexibility index (Phi) is 6.09. The molecule has 4 aliphatic rings. The first-order chi connectivity index (χ1) is 17.1. The highest BCUT2D eigenvalue weighted by atomic mass is 32.1. The Morgan fingerprint density at radius 3 is 2.80 bits per heavy atom. The van der Waals surface area contributed by atoms with Crippen LogP contribution in [0.15, 0.2) is 24.4 Å². The van der Waals surface area contributed by atoms with Crippen LogP contribution in [0.3, 0.4) is 0 Å². The summed E-state index contributed by atoms with van der Waals surface area (Å²) < 4.78 is 11.6. The van der Waals surface area contributed by atoms with E-state index < -0.39 is 5.91 Å². The number of hydrogen-bond acceptors (Lipinski definition) is 9. The van der Waals surface area contributed by atoms with Gasteiger partial charge >= 0.3 is 0 Å². The van der Waals surface area contributed by atoms with E-state index in [0.29, 0.717) is 37.8 Å². The van der Waals surface area contributed by atoms with E-state index in [9.17, 15) is 9.59 Å². The fraction of sp³-hybridized carbons (Fsp3) is 0.542. The standard InChI is InChI=1S/C24H30N6O4S/c25-23(32)22-21-20-16(5-6-26-24(20)35-22)27-14-30(21)15-3-1-8-29(11-15)19(31)4-2-7-28-12-17-18(13-28)34-10-9-33-17/h2,4-6,15,17-18,27H,1,3,7-14H2,(H2,25,32)/b4-2+/t15-,17-,18+/m1/s1. The minimum atomic E-state index is -0.440. The van der Waals surface area contributed by atoms with Crippen LogP contribution in [-0.4, -0.2) is 97.5 Å². The van der Waals surface area contributed by atoms with Gasteiger partial charge in [0.15, 0.2) is 0 Å². The van der Waals surface area contributed by atoms with Crippen LogP contribution in [-0.2, 0) is 14.3 Å². The van der Waals surface area contributed by atoms with Gasteiger partial charge in [0.05, 0.1) is 43.2 Å². The van der Waals surface area contributed by atoms with E-state index in [0.717, 1.165) is 54.1 Å². The number of pyridine rings is 1. The Bertz CT molecular complexity index is 1150. The Morgan fingerprint density at radius 2 is 2.03 bits per heavy atom. The molecule has 0 unspecified atom stereocenters. The highest BCUT2D eigenvalue weighted by Gasteiger charge is 2.36. The molecule has 6 heterocycles. The number of amides is 2. The van der Waals surface area contributed by atoms with Crippen LogP contribution in [0.4, 0.5) is 11.4 Å². The Labute approximate surface area is 207 Å². The molecule has 6 rings (SSSR count). The van der Waals surface area contributed by atoms with Crippen LogP contribution < -0.4 is 16.0 Å². The largest absolute Gasteiger partial charge is 0.372 e. The number of primary amides is 1. The topological polar surface area (TPSA) is 113 Å². The maximum atomic E-state index is 13.0. The predicted octanol–water partition coefficient (Wildman–Crippen LogP) is 1.23. The summed E-state index contributed by atoms with van der Waals surface area (Å²) >= 11 is 1.33. The maximum absolute atomic E-state index is 13.0. The number of rotatable bonds is 5. The first-order valence-electron chi connectivity index (χ1n) is 12.2. The van der Waals surface area contributed by atoms with Gasteiger partial charge in [-0.3, -0.25) is 14.5 Å². The summed E-state index contributed by atoms with van der Waals surface area (Å²) in [6, 6.07) is 2.02. The number of aromatic nitrogens is 1. The molecule has 2 amide bonds. The summed E-state index contributed by atoms with van der Waals surface area (Å²) in [5.41, 5.74) is 7.57. The van der Waals surface area contributed by atoms with E-state index in [1.807, 2.05) is 17.0 Å². The molecule has 0 aliphatic carbocycles. The maximum Gasteiger partial charge on any atom is 0.261 e. The molecule has 0 spiro atoms. The van der Waals surface area contributed by atoms with Gasteiger partial charge in [-0.05, 0) is 18.9 Å². The third kappa shape index (κ3) is 4.26. The van der Waals surface area contributed by atoms with E-state index in [2.05, 4.69) is 20.1 Å². The first kappa shape index (κ1) is 22.7. The molecule has 11 heteroatoms. The molecule has 0 radical (unpaired) electrons. The molecule has 2 aromatic heterocycles. The summed E-state index contributed by atoms with van der Waals surface area (Å²) in [6.07, 6.45) is 7.51. The van der Waals surface area contributed by atoms with E-state index in [1.54, 1.807) is 12.3 Å². The van der Waals surface area contributed by atoms with Gasteiger partial charge in [0, 0.05) is 56.7 Å². The number of carbonyl (C=O) groups is 2. The van der Waals surface area contributed by atoms with E-state index in [4.69, 9.17) is 15.2 Å². The third-order valence-electron chi connectivity index (χ3n) is 7.33. The highest BCUT2D eigenvalue weighted by Crippen LogP contribution is 2.44. The van der Waals surface area contributed by atoms with Crippen molar-refractivity contribution in [3.63, 3.8) is 0 Å². The Balaban J connectivity index is 1.13. The van der Waals surface area contributed by atoms with E-state index >= 15 is 0 Å². The van der Waals surface area contributed by atoms with Gasteiger partial charge in [-0.1, -0.05) is 6.08 Å². The van der Waals surface area contributed by atoms with Crippen LogP contribution in [0, 0.1) is 0 Å². The van der Waals surface area contributed by atoms with Crippen molar-refractivity contribution in [2.24, 2.45) is 5.73 Å². The number of hydrogen-bond donors (Lipinski definition) is 2. The Morgan fingerprint density at radius 1 is 1.23 bits per heavy atom. The lowest BCUT2D eigenvalue weighted by Gasteiger charge is -2.42. The molecule has 0 aromatic carbocycles. The minimum absolute atomic E-state index is 0.0245. The second-order valence-corrected chi connectivity index (χ2v) is 10.5. The van der Waals surface area contributed by atoms with Crippen molar-refractivity contribution in [3.8, 4) is 0 Å². The van der Waals surface area contributed by atoms with Gasteiger partial charge in [0.2, 0.25) is 5.91 Å². The number of fused-ring (bicyclic) bond motifs is 1. The number of carbonyl (C=O) groups excluding carboxylic acids is 2. The zero-order valence-corrected chi connectivity index (χ0v) is 20.3. The second-order valence-electron chi connectivity index (χ2n) is 9.51. The number of ether oxygens (including phenoxy) is 2. The van der Waals surface area contributed by atoms with Crippen LogP contribution >= 0.6 is 11.3 Å². The fourth-order valence-corrected chi connectivity index (χ4v) is 6.69. The molecule has 3 fully saturated rings. The van der Waals surface area contributed by atoms with Crippen molar-refractivity contribution in [2.45, 2.75) is 31.1 Å². The number of likely N-dealkylation sites (tertiary alicyclic amines) is 2. The van der Waals surface area contributed by atoms with E-state index in [1.165, 1.54) is 11.3 Å². The third-order valence-corrected chi connectivity index (χ3v) is 8.43. The molecule has 0 saturated carbocycles. The van der Waals surface area contributed by atoms with Crippen LogP contribution in [0.2, 0.25) is 0 Å². The molecular weight excluding hydrogens is 468 g/mol. The number of nitrogens with zero attached hydrogens (tertiary/aromatic N) is 4. The monoisotopic (exact) mass is 498 g/mol. The van der Waals surface area contributed by atoms with Gasteiger partial charge in [-0.25, -0.2) is 4.98 Å². The SMILES string of the molecule is NC(=O)c1sc2nccc3c2c1N([C@@H]1CCCN(C(=O)/C=C/CN2C[C@@H]4OCCO[C@@H]4C2)C1)CN3. The number of nitrogens with two attached hydrogens (primary N) is 1. The quantitative estimate of drug-likeness (QED) is 0.592. The van der Waals surface area contributed by atoms with Gasteiger partial charge < -0.3 is 30.3 Å². The van der Waals surface area contributed by atoms with Crippen molar-refractivity contribution in [2.75, 3.05) is 62.8 Å². The van der Waals surface area contributed by atoms with E-state index in [-0.39, 0.29) is 24.2 Å². The molecule has 3 N–H and O–H groups in total. The van der Waals surface area contributed by atoms with Crippen molar-refractivity contribution < 1.29 is 19.1 Å². The smallest absolute Gasteiger partial charge is 0.261 e. The fourth-order valence-electron chi connectivity index (χ4n) is 5.66. The lowest BCUT2D eigenvalue weighted by atomic mass is 10.0. The number of thiophene rings is 1. The van der Waals surface area contributed by atoms with Crippen molar-refractivity contribution >= 4 is 44.7 Å². The normalized spacial score (nSPS) is 26.8. The summed E-state index contributed by atoms with van der Waals surface area (Å²) in [7, 11) is 0. The molecule has 3 saturated heterocycles. The van der Waals surface area contributed by atoms with Crippen molar-refractivity contribution in [1.29, 1.82) is 0 Å². The number of anilines is 2. The average Bonchev–Trinajstić information content (AvgIpc) is 3.47. The number of piperidine rings is 1. The summed E-state index contributed by atoms with van der Waals surface area (Å²) in [5, 5.41) is 4.40. The molecule has 3 atom stereocenters. The zero-order chi connectivity index (χ0) is 23.9. The van der Waals surface area contributed by atoms with Gasteiger partial charge in [0.25, 0.3) is 5.91 Å². The molecular formula is C24H30N6O4S. The lowest BCUT2D eigenvalue weighted by molar-refractivity contribution is -0.127. The van der Waals surface area contributed by atoms with Gasteiger partial charge in [0.1, 0.15) is 9.71 Å². The molecule has 35 heavy (non-hydrogen) atoms. The van der Waals surface area contributed by atoms with Crippen LogP contribution in [0.5, 0.6) is 0 Å². The highest BCUT2D eigenvalue weighted by molar-refractivity contribution is 7.21. The predicted molar refractivity (Wildman–Crippen MR) is 134 cm³/mol. The zero-order valence-electron chi connectivity index (χ0n) is 19.5. The average molecular weight is 499 g/mol. The Hall–Kier alpha value is -2.73. The second kappa shape index (κ2) is 9.38. The molecule has 10 nitrogen and oxygen atoms in total. The summed E-state index contributed by atoms with van der Waals surface area (Å²) in [5.74, 6) is -0.415.